The van der Waals surface area contributed by atoms with E-state index in [2.05, 4.69) is 5.32 Å². The summed E-state index contributed by atoms with van der Waals surface area (Å²) in [5.41, 5.74) is 2.35. The summed E-state index contributed by atoms with van der Waals surface area (Å²) in [4.78, 5) is 25.8. The number of hydrogen-bond acceptors (Lipinski definition) is 6. The summed E-state index contributed by atoms with van der Waals surface area (Å²) < 4.78 is 5.29. The molecular weight excluding hydrogens is 412 g/mol. The third kappa shape index (κ3) is 7.86. The van der Waals surface area contributed by atoms with Crippen molar-refractivity contribution in [2.45, 2.75) is 38.8 Å². The van der Waals surface area contributed by atoms with Gasteiger partial charge in [0.15, 0.2) is 0 Å². The van der Waals surface area contributed by atoms with Crippen molar-refractivity contribution >= 4 is 17.7 Å². The third-order valence-corrected chi connectivity index (χ3v) is 5.18. The highest BCUT2D eigenvalue weighted by Crippen LogP contribution is 2.25. The zero-order chi connectivity index (χ0) is 23.6. The molecule has 2 aromatic carbocycles. The van der Waals surface area contributed by atoms with Gasteiger partial charge in [-0.3, -0.25) is 4.79 Å². The fraction of sp³-hybridized carbons (Fsp3) is 0.417. The summed E-state index contributed by atoms with van der Waals surface area (Å²) in [5.74, 6) is -1.04. The van der Waals surface area contributed by atoms with E-state index >= 15 is 0 Å². The first-order valence-electron chi connectivity index (χ1n) is 10.5. The number of anilines is 1. The molecule has 0 aliphatic carbocycles. The molecule has 0 saturated heterocycles. The third-order valence-electron chi connectivity index (χ3n) is 5.18. The molecule has 2 aromatic rings. The normalized spacial score (nSPS) is 12.6. The number of carboxylic acids is 1. The topological polar surface area (TPSA) is 119 Å². The number of benzene rings is 2. The number of nitrogens with one attached hydrogen (secondary N) is 1. The summed E-state index contributed by atoms with van der Waals surface area (Å²) in [6.45, 7) is 4.27. The predicted octanol–water partition coefficient (Wildman–Crippen LogP) is 2.49. The van der Waals surface area contributed by atoms with Crippen molar-refractivity contribution in [1.29, 1.82) is 0 Å². The molecule has 0 saturated carbocycles. The van der Waals surface area contributed by atoms with Crippen molar-refractivity contribution < 1.29 is 29.6 Å². The summed E-state index contributed by atoms with van der Waals surface area (Å²) in [5, 5.41) is 30.8. The molecule has 0 bridgehead atoms. The molecule has 0 aliphatic heterocycles. The van der Waals surface area contributed by atoms with E-state index in [1.807, 2.05) is 60.4 Å². The lowest BCUT2D eigenvalue weighted by Crippen LogP contribution is -2.49. The Morgan fingerprint density at radius 2 is 1.72 bits per heavy atom. The molecule has 1 amide bonds. The van der Waals surface area contributed by atoms with Crippen LogP contribution in [-0.2, 0) is 22.6 Å². The van der Waals surface area contributed by atoms with Crippen molar-refractivity contribution in [1.82, 2.24) is 5.32 Å². The lowest BCUT2D eigenvalue weighted by Gasteiger charge is -2.31. The Labute approximate surface area is 188 Å². The quantitative estimate of drug-likeness (QED) is 0.397. The Morgan fingerprint density at radius 1 is 1.06 bits per heavy atom. The maximum Gasteiger partial charge on any atom is 0.407 e. The average Bonchev–Trinajstić information content (AvgIpc) is 2.74. The van der Waals surface area contributed by atoms with E-state index < -0.39 is 17.6 Å². The molecule has 0 fully saturated rings. The smallest absolute Gasteiger partial charge is 0.407 e. The maximum absolute atomic E-state index is 12.4. The molecule has 1 atom stereocenters. The number of rotatable bonds is 12. The van der Waals surface area contributed by atoms with E-state index in [1.54, 1.807) is 6.92 Å². The summed E-state index contributed by atoms with van der Waals surface area (Å²) in [6, 6.07) is 14.9. The number of aliphatic hydroxyl groups is 2. The van der Waals surface area contributed by atoms with E-state index in [0.29, 0.717) is 13.1 Å². The molecule has 174 valence electrons. The Kier molecular flexibility index (Phi) is 9.49. The first kappa shape index (κ1) is 25.2. The van der Waals surface area contributed by atoms with Gasteiger partial charge in [-0.15, -0.1) is 0 Å². The number of aliphatic hydroxyl groups excluding tert-OH is 2. The number of amides is 1. The number of alkyl carbamates (subject to hydrolysis) is 1. The molecule has 8 nitrogen and oxygen atoms in total. The van der Waals surface area contributed by atoms with E-state index in [0.717, 1.165) is 22.4 Å². The Morgan fingerprint density at radius 3 is 2.31 bits per heavy atom. The van der Waals surface area contributed by atoms with Crippen molar-refractivity contribution in [2.24, 2.45) is 0 Å². The van der Waals surface area contributed by atoms with E-state index in [4.69, 9.17) is 4.74 Å². The van der Waals surface area contributed by atoms with Crippen LogP contribution in [0.1, 0.15) is 30.0 Å². The Hall–Kier alpha value is -3.10. The Balaban J connectivity index is 2.18. The second kappa shape index (κ2) is 12.1. The molecule has 0 aliphatic rings. The molecule has 0 unspecified atom stereocenters. The standard InChI is InChI=1S/C24H32N2O6/c1-18-8-9-21(26(10-12-27)11-13-28)14-20(18)15-24(2,16-22(29)30)25-23(31)32-17-19-6-4-3-5-7-19/h3-9,14,27-28H,10-13,15-17H2,1-2H3,(H,25,31)(H,29,30)/t24-/m0/s1. The van der Waals surface area contributed by atoms with Gasteiger partial charge in [-0.2, -0.15) is 0 Å². The summed E-state index contributed by atoms with van der Waals surface area (Å²) >= 11 is 0. The number of nitrogens with zero attached hydrogens (tertiary/aromatic N) is 1. The molecular formula is C24H32N2O6. The van der Waals surface area contributed by atoms with Gasteiger partial charge in [-0.05, 0) is 49.1 Å². The monoisotopic (exact) mass is 444 g/mol. The molecule has 2 rings (SSSR count). The predicted molar refractivity (Wildman–Crippen MR) is 122 cm³/mol. The first-order valence-corrected chi connectivity index (χ1v) is 10.5. The van der Waals surface area contributed by atoms with Crippen LogP contribution >= 0.6 is 0 Å². The van der Waals surface area contributed by atoms with Gasteiger partial charge in [-0.25, -0.2) is 4.79 Å². The van der Waals surface area contributed by atoms with Crippen LogP contribution in [0.4, 0.5) is 10.5 Å². The van der Waals surface area contributed by atoms with E-state index in [1.165, 1.54) is 0 Å². The molecule has 32 heavy (non-hydrogen) atoms. The molecule has 0 spiro atoms. The fourth-order valence-electron chi connectivity index (χ4n) is 3.57. The van der Waals surface area contributed by atoms with Crippen LogP contribution in [0.25, 0.3) is 0 Å². The second-order valence-electron chi connectivity index (χ2n) is 8.04. The number of carbonyl (C=O) groups excluding carboxylic acids is 1. The van der Waals surface area contributed by atoms with Crippen LogP contribution in [0.3, 0.4) is 0 Å². The maximum atomic E-state index is 12.4. The number of aliphatic carboxylic acids is 1. The molecule has 8 heteroatoms. The van der Waals surface area contributed by atoms with Gasteiger partial charge in [0.25, 0.3) is 0 Å². The van der Waals surface area contributed by atoms with Gasteiger partial charge in [-0.1, -0.05) is 36.4 Å². The van der Waals surface area contributed by atoms with Gasteiger partial charge in [0.1, 0.15) is 6.61 Å². The summed E-state index contributed by atoms with van der Waals surface area (Å²) in [6.07, 6.45) is -0.701. The summed E-state index contributed by atoms with van der Waals surface area (Å²) in [7, 11) is 0. The zero-order valence-corrected chi connectivity index (χ0v) is 18.6. The minimum atomic E-state index is -1.08. The van der Waals surface area contributed by atoms with Gasteiger partial charge in [0.2, 0.25) is 0 Å². The van der Waals surface area contributed by atoms with Crippen LogP contribution in [-0.4, -0.2) is 59.2 Å². The SMILES string of the molecule is Cc1ccc(N(CCO)CCO)cc1C[C@@](C)(CC(=O)O)NC(=O)OCc1ccccc1. The molecule has 0 aromatic heterocycles. The highest BCUT2D eigenvalue weighted by molar-refractivity contribution is 5.73. The Bertz CT molecular complexity index is 883. The van der Waals surface area contributed by atoms with Crippen LogP contribution in [0.5, 0.6) is 0 Å². The van der Waals surface area contributed by atoms with Gasteiger partial charge < -0.3 is 30.3 Å². The molecule has 0 heterocycles. The van der Waals surface area contributed by atoms with Gasteiger partial charge >= 0.3 is 12.1 Å². The lowest BCUT2D eigenvalue weighted by molar-refractivity contribution is -0.138. The van der Waals surface area contributed by atoms with Crippen LogP contribution in [0.2, 0.25) is 0 Å². The van der Waals surface area contributed by atoms with Crippen molar-refractivity contribution in [3.63, 3.8) is 0 Å². The van der Waals surface area contributed by atoms with Crippen molar-refractivity contribution in [3.8, 4) is 0 Å². The largest absolute Gasteiger partial charge is 0.481 e. The van der Waals surface area contributed by atoms with Gasteiger partial charge in [0, 0.05) is 18.8 Å². The molecule has 4 N–H and O–H groups in total. The number of carbonyl (C=O) groups is 2. The van der Waals surface area contributed by atoms with E-state index in [9.17, 15) is 24.9 Å². The average molecular weight is 445 g/mol. The minimum Gasteiger partial charge on any atom is -0.481 e. The van der Waals surface area contributed by atoms with Gasteiger partial charge in [0.05, 0.1) is 25.2 Å². The van der Waals surface area contributed by atoms with E-state index in [-0.39, 0.29) is 32.7 Å². The number of ether oxygens (including phenoxy) is 1. The molecule has 0 radical (unpaired) electrons. The second-order valence-corrected chi connectivity index (χ2v) is 8.04. The number of hydrogen-bond donors (Lipinski definition) is 4. The fourth-order valence-corrected chi connectivity index (χ4v) is 3.57. The first-order chi connectivity index (χ1) is 15.3. The highest BCUT2D eigenvalue weighted by Gasteiger charge is 2.31. The number of carboxylic acid groups (broad SMARTS) is 1. The van der Waals surface area contributed by atoms with Crippen LogP contribution in [0, 0.1) is 6.92 Å². The van der Waals surface area contributed by atoms with Crippen LogP contribution < -0.4 is 10.2 Å². The lowest BCUT2D eigenvalue weighted by atomic mass is 9.87. The highest BCUT2D eigenvalue weighted by atomic mass is 16.5. The van der Waals surface area contributed by atoms with Crippen molar-refractivity contribution in [2.75, 3.05) is 31.2 Å². The minimum absolute atomic E-state index is 0.0608. The zero-order valence-electron chi connectivity index (χ0n) is 18.6. The van der Waals surface area contributed by atoms with Crippen molar-refractivity contribution in [3.05, 3.63) is 65.2 Å². The number of aryl methyl sites for hydroxylation is 1. The van der Waals surface area contributed by atoms with Crippen LogP contribution in [0.15, 0.2) is 48.5 Å².